The number of rotatable bonds is 2. The molecule has 7 nitrogen and oxygen atoms in total. The smallest absolute Gasteiger partial charge is 0.407 e. The number of hydrogen-bond acceptors (Lipinski definition) is 5. The summed E-state index contributed by atoms with van der Waals surface area (Å²) in [7, 11) is 0. The normalized spacial score (nSPS) is 15.2. The predicted molar refractivity (Wildman–Crippen MR) is 71.2 cm³/mol. The van der Waals surface area contributed by atoms with E-state index in [2.05, 4.69) is 10.1 Å². The van der Waals surface area contributed by atoms with Crippen molar-refractivity contribution in [3.8, 4) is 11.4 Å². The molecule has 3 N–H and O–H groups in total. The van der Waals surface area contributed by atoms with Crippen molar-refractivity contribution < 1.29 is 14.4 Å². The molecule has 1 aromatic heterocycles. The molecule has 1 amide bonds. The minimum Gasteiger partial charge on any atom is -0.465 e. The van der Waals surface area contributed by atoms with E-state index >= 15 is 0 Å². The van der Waals surface area contributed by atoms with Gasteiger partial charge in [0.1, 0.15) is 0 Å². The van der Waals surface area contributed by atoms with E-state index in [9.17, 15) is 4.79 Å². The van der Waals surface area contributed by atoms with Crippen LogP contribution in [0.5, 0.6) is 0 Å². The first-order chi connectivity index (χ1) is 9.54. The maximum atomic E-state index is 10.7. The first-order valence-corrected chi connectivity index (χ1v) is 6.22. The summed E-state index contributed by atoms with van der Waals surface area (Å²) in [6, 6.07) is 5.58. The summed E-state index contributed by atoms with van der Waals surface area (Å²) >= 11 is 0. The number of hydrogen-bond donors (Lipinski definition) is 2. The average Bonchev–Trinajstić information content (AvgIpc) is 2.79. The van der Waals surface area contributed by atoms with Crippen LogP contribution in [0.25, 0.3) is 11.4 Å². The van der Waals surface area contributed by atoms with Gasteiger partial charge in [0, 0.05) is 24.3 Å². The lowest BCUT2D eigenvalue weighted by molar-refractivity contribution is 0.0959. The Morgan fingerprint density at radius 2 is 2.25 bits per heavy atom. The molecule has 1 fully saturated rings. The second-order valence-electron chi connectivity index (χ2n) is 4.91. The van der Waals surface area contributed by atoms with E-state index in [0.717, 1.165) is 11.1 Å². The van der Waals surface area contributed by atoms with Gasteiger partial charge < -0.3 is 20.3 Å². The van der Waals surface area contributed by atoms with E-state index in [0.29, 0.717) is 30.5 Å². The monoisotopic (exact) mass is 274 g/mol. The van der Waals surface area contributed by atoms with Gasteiger partial charge in [0.2, 0.25) is 11.7 Å². The Balaban J connectivity index is 1.77. The Morgan fingerprint density at radius 3 is 2.90 bits per heavy atom. The summed E-state index contributed by atoms with van der Waals surface area (Å²) in [5, 5.41) is 12.7. The van der Waals surface area contributed by atoms with Crippen molar-refractivity contribution >= 4 is 11.8 Å². The first kappa shape index (κ1) is 12.5. The zero-order valence-corrected chi connectivity index (χ0v) is 10.9. The van der Waals surface area contributed by atoms with Gasteiger partial charge in [0.25, 0.3) is 0 Å². The van der Waals surface area contributed by atoms with Crippen LogP contribution in [0.2, 0.25) is 0 Å². The third-order valence-electron chi connectivity index (χ3n) is 3.48. The third kappa shape index (κ3) is 2.07. The molecule has 1 saturated heterocycles. The van der Waals surface area contributed by atoms with Gasteiger partial charge in [-0.05, 0) is 18.6 Å². The predicted octanol–water partition coefficient (Wildman–Crippen LogP) is 1.70. The number of amides is 1. The summed E-state index contributed by atoms with van der Waals surface area (Å²) in [4.78, 5) is 16.3. The van der Waals surface area contributed by atoms with E-state index in [-0.39, 0.29) is 5.92 Å². The van der Waals surface area contributed by atoms with Gasteiger partial charge in [-0.1, -0.05) is 17.3 Å². The minimum atomic E-state index is -0.924. The fraction of sp³-hybridized carbons (Fsp3) is 0.308. The van der Waals surface area contributed by atoms with E-state index in [1.54, 1.807) is 6.07 Å². The molecule has 3 rings (SSSR count). The molecule has 1 aromatic carbocycles. The van der Waals surface area contributed by atoms with Gasteiger partial charge in [-0.2, -0.15) is 4.98 Å². The van der Waals surface area contributed by atoms with Crippen molar-refractivity contribution in [1.29, 1.82) is 0 Å². The maximum Gasteiger partial charge on any atom is 0.407 e. The lowest BCUT2D eigenvalue weighted by Gasteiger charge is -2.34. The van der Waals surface area contributed by atoms with Crippen LogP contribution < -0.4 is 5.73 Å². The number of benzene rings is 1. The van der Waals surface area contributed by atoms with Crippen LogP contribution in [0.1, 0.15) is 17.4 Å². The molecule has 0 aliphatic carbocycles. The molecule has 2 heterocycles. The molecule has 0 bridgehead atoms. The molecular formula is C13H14N4O3. The molecule has 1 aliphatic heterocycles. The second kappa shape index (κ2) is 4.52. The minimum absolute atomic E-state index is 0.0184. The number of nitrogens with two attached hydrogens (primary N) is 1. The van der Waals surface area contributed by atoms with Crippen LogP contribution in [0, 0.1) is 6.92 Å². The van der Waals surface area contributed by atoms with Crippen molar-refractivity contribution in [1.82, 2.24) is 15.0 Å². The summed E-state index contributed by atoms with van der Waals surface area (Å²) in [6.45, 7) is 2.72. The third-order valence-corrected chi connectivity index (χ3v) is 3.48. The van der Waals surface area contributed by atoms with E-state index < -0.39 is 6.09 Å². The van der Waals surface area contributed by atoms with Crippen LogP contribution in [0.3, 0.4) is 0 Å². The Hall–Kier alpha value is -2.57. The molecule has 2 aromatic rings. The van der Waals surface area contributed by atoms with E-state index in [1.165, 1.54) is 4.90 Å². The zero-order valence-electron chi connectivity index (χ0n) is 10.9. The largest absolute Gasteiger partial charge is 0.465 e. The Kier molecular flexibility index (Phi) is 2.81. The number of nitrogens with zero attached hydrogens (tertiary/aromatic N) is 3. The van der Waals surface area contributed by atoms with Crippen molar-refractivity contribution in [2.45, 2.75) is 12.8 Å². The Labute approximate surface area is 115 Å². The number of aromatic nitrogens is 2. The highest BCUT2D eigenvalue weighted by Gasteiger charge is 2.35. The number of likely N-dealkylation sites (tertiary alicyclic amines) is 1. The lowest BCUT2D eigenvalue weighted by Crippen LogP contribution is -2.47. The van der Waals surface area contributed by atoms with E-state index in [4.69, 9.17) is 15.4 Å². The number of nitrogen functional groups attached to an aromatic ring is 1. The van der Waals surface area contributed by atoms with Gasteiger partial charge >= 0.3 is 6.09 Å². The summed E-state index contributed by atoms with van der Waals surface area (Å²) in [6.07, 6.45) is -0.924. The molecule has 0 atom stereocenters. The number of carboxylic acid groups (broad SMARTS) is 1. The Morgan fingerprint density at radius 1 is 1.50 bits per heavy atom. The van der Waals surface area contributed by atoms with Crippen molar-refractivity contribution in [3.63, 3.8) is 0 Å². The molecule has 0 saturated carbocycles. The highest BCUT2D eigenvalue weighted by molar-refractivity contribution is 5.66. The van der Waals surface area contributed by atoms with Crippen LogP contribution in [0.15, 0.2) is 22.7 Å². The quantitative estimate of drug-likeness (QED) is 0.807. The van der Waals surface area contributed by atoms with Gasteiger partial charge in [0.15, 0.2) is 0 Å². The number of anilines is 1. The fourth-order valence-electron chi connectivity index (χ4n) is 2.09. The number of carbonyl (C=O) groups is 1. The molecule has 7 heteroatoms. The molecule has 104 valence electrons. The Bertz CT molecular complexity index is 661. The average molecular weight is 274 g/mol. The summed E-state index contributed by atoms with van der Waals surface area (Å²) < 4.78 is 5.20. The van der Waals surface area contributed by atoms with Crippen molar-refractivity contribution in [2.75, 3.05) is 18.8 Å². The SMILES string of the molecule is Cc1ccc(-c2noc(C3CN(C(=O)O)C3)n2)cc1N. The molecule has 0 unspecified atom stereocenters. The second-order valence-corrected chi connectivity index (χ2v) is 4.91. The van der Waals surface area contributed by atoms with Crippen LogP contribution in [-0.4, -0.2) is 39.3 Å². The molecular weight excluding hydrogens is 260 g/mol. The van der Waals surface area contributed by atoms with E-state index in [1.807, 2.05) is 19.1 Å². The maximum absolute atomic E-state index is 10.7. The van der Waals surface area contributed by atoms with Gasteiger partial charge in [-0.15, -0.1) is 0 Å². The topological polar surface area (TPSA) is 105 Å². The fourth-order valence-corrected chi connectivity index (χ4v) is 2.09. The molecule has 0 spiro atoms. The molecule has 1 aliphatic rings. The van der Waals surface area contributed by atoms with Crippen LogP contribution in [0.4, 0.5) is 10.5 Å². The van der Waals surface area contributed by atoms with Crippen LogP contribution in [-0.2, 0) is 0 Å². The van der Waals surface area contributed by atoms with Gasteiger partial charge in [-0.25, -0.2) is 4.79 Å². The standard InChI is InChI=1S/C13H14N4O3/c1-7-2-3-8(4-10(7)14)11-15-12(20-16-11)9-5-17(6-9)13(18)19/h2-4,9H,5-6,14H2,1H3,(H,18,19). The first-order valence-electron chi connectivity index (χ1n) is 6.22. The van der Waals surface area contributed by atoms with Gasteiger partial charge in [-0.3, -0.25) is 0 Å². The lowest BCUT2D eigenvalue weighted by atomic mass is 10.0. The van der Waals surface area contributed by atoms with Crippen molar-refractivity contribution in [2.24, 2.45) is 0 Å². The highest BCUT2D eigenvalue weighted by atomic mass is 16.5. The summed E-state index contributed by atoms with van der Waals surface area (Å²) in [5.74, 6) is 0.923. The zero-order chi connectivity index (χ0) is 14.3. The highest BCUT2D eigenvalue weighted by Crippen LogP contribution is 2.28. The van der Waals surface area contributed by atoms with Crippen molar-refractivity contribution in [3.05, 3.63) is 29.7 Å². The molecule has 0 radical (unpaired) electrons. The summed E-state index contributed by atoms with van der Waals surface area (Å²) in [5.41, 5.74) is 8.31. The number of aryl methyl sites for hydroxylation is 1. The van der Waals surface area contributed by atoms with Crippen LogP contribution >= 0.6 is 0 Å². The van der Waals surface area contributed by atoms with Gasteiger partial charge in [0.05, 0.1) is 5.92 Å². The molecule has 20 heavy (non-hydrogen) atoms.